The molecule has 4 rings (SSSR count). The Labute approximate surface area is 243 Å². The summed E-state index contributed by atoms with van der Waals surface area (Å²) >= 11 is 6.17. The van der Waals surface area contributed by atoms with Crippen molar-refractivity contribution < 1.29 is 23.8 Å². The van der Waals surface area contributed by atoms with E-state index in [0.29, 0.717) is 32.5 Å². The average molecular weight is 593 g/mol. The highest BCUT2D eigenvalue weighted by atomic mass is 35.5. The first-order valence-electron chi connectivity index (χ1n) is 14.1. The Bertz CT molecular complexity index is 1270. The number of nitrogens with zero attached hydrogens (tertiary/aromatic N) is 3. The van der Waals surface area contributed by atoms with Gasteiger partial charge in [0, 0.05) is 32.4 Å². The molecule has 1 aliphatic heterocycles. The summed E-state index contributed by atoms with van der Waals surface area (Å²) in [6, 6.07) is 3.00. The SMILES string of the molecule is COC(CF)CN(CCCCc1ccc2c(n1)NCCC2)CCC(NC(=O)C1(c2c(Cl)cn[nH]c2=O)CC1)C(=O)O. The lowest BCUT2D eigenvalue weighted by atomic mass is 9.96. The number of pyridine rings is 1. The van der Waals surface area contributed by atoms with Gasteiger partial charge in [0.1, 0.15) is 18.5 Å². The highest BCUT2D eigenvalue weighted by molar-refractivity contribution is 6.31. The van der Waals surface area contributed by atoms with Gasteiger partial charge in [0.25, 0.3) is 5.56 Å². The van der Waals surface area contributed by atoms with Crippen LogP contribution in [0.1, 0.15) is 55.3 Å². The van der Waals surface area contributed by atoms with Gasteiger partial charge in [-0.1, -0.05) is 17.7 Å². The van der Waals surface area contributed by atoms with Gasteiger partial charge < -0.3 is 25.4 Å². The fraction of sp³-hybridized carbons (Fsp3) is 0.607. The highest BCUT2D eigenvalue weighted by Gasteiger charge is 2.54. The third kappa shape index (κ3) is 7.81. The zero-order chi connectivity index (χ0) is 29.4. The number of anilines is 1. The van der Waals surface area contributed by atoms with Crippen LogP contribution in [0, 0.1) is 0 Å². The van der Waals surface area contributed by atoms with Gasteiger partial charge in [0.05, 0.1) is 28.3 Å². The molecule has 41 heavy (non-hydrogen) atoms. The number of ether oxygens (including phenoxy) is 1. The minimum Gasteiger partial charge on any atom is -0.480 e. The quantitative estimate of drug-likeness (QED) is 0.216. The number of carboxylic acid groups (broad SMARTS) is 1. The second-order valence-electron chi connectivity index (χ2n) is 10.8. The van der Waals surface area contributed by atoms with Crippen LogP contribution >= 0.6 is 11.6 Å². The van der Waals surface area contributed by atoms with Crippen LogP contribution in [0.5, 0.6) is 0 Å². The largest absolute Gasteiger partial charge is 0.480 e. The molecule has 2 aromatic heterocycles. The predicted octanol–water partition coefficient (Wildman–Crippen LogP) is 2.48. The molecule has 0 radical (unpaired) electrons. The van der Waals surface area contributed by atoms with Gasteiger partial charge in [-0.2, -0.15) is 5.10 Å². The van der Waals surface area contributed by atoms with Crippen molar-refractivity contribution in [2.45, 2.75) is 68.9 Å². The lowest BCUT2D eigenvalue weighted by molar-refractivity contribution is -0.142. The maximum atomic E-state index is 13.5. The first-order valence-corrected chi connectivity index (χ1v) is 14.5. The maximum absolute atomic E-state index is 13.5. The number of carbonyl (C=O) groups excluding carboxylic acids is 1. The summed E-state index contributed by atoms with van der Waals surface area (Å²) < 4.78 is 18.7. The van der Waals surface area contributed by atoms with E-state index in [9.17, 15) is 23.9 Å². The van der Waals surface area contributed by atoms with Gasteiger partial charge in [-0.05, 0) is 69.5 Å². The highest BCUT2D eigenvalue weighted by Crippen LogP contribution is 2.49. The van der Waals surface area contributed by atoms with Gasteiger partial charge in [-0.3, -0.25) is 9.59 Å². The number of hydrogen-bond acceptors (Lipinski definition) is 8. The van der Waals surface area contributed by atoms with E-state index in [2.05, 4.69) is 33.0 Å². The monoisotopic (exact) mass is 592 g/mol. The second-order valence-corrected chi connectivity index (χ2v) is 11.2. The molecule has 11 nitrogen and oxygen atoms in total. The van der Waals surface area contributed by atoms with Crippen LogP contribution in [0.4, 0.5) is 10.2 Å². The van der Waals surface area contributed by atoms with E-state index in [1.165, 1.54) is 18.9 Å². The topological polar surface area (TPSA) is 150 Å². The molecule has 3 heterocycles. The van der Waals surface area contributed by atoms with Crippen molar-refractivity contribution in [3.05, 3.63) is 50.5 Å². The molecule has 224 valence electrons. The van der Waals surface area contributed by atoms with Gasteiger partial charge in [0.2, 0.25) is 5.91 Å². The van der Waals surface area contributed by atoms with Crippen molar-refractivity contribution in [2.24, 2.45) is 0 Å². The van der Waals surface area contributed by atoms with Gasteiger partial charge >= 0.3 is 5.97 Å². The van der Waals surface area contributed by atoms with E-state index in [0.717, 1.165) is 50.2 Å². The predicted molar refractivity (Wildman–Crippen MR) is 152 cm³/mol. The second kappa shape index (κ2) is 14.2. The van der Waals surface area contributed by atoms with E-state index in [1.54, 1.807) is 0 Å². The molecule has 1 aliphatic carbocycles. The zero-order valence-corrected chi connectivity index (χ0v) is 24.0. The van der Waals surface area contributed by atoms with Crippen molar-refractivity contribution in [3.8, 4) is 0 Å². The number of aryl methyl sites for hydroxylation is 2. The Morgan fingerprint density at radius 1 is 1.29 bits per heavy atom. The molecule has 0 aromatic carbocycles. The molecule has 1 fully saturated rings. The molecular weight excluding hydrogens is 555 g/mol. The molecule has 13 heteroatoms. The molecule has 2 unspecified atom stereocenters. The van der Waals surface area contributed by atoms with E-state index >= 15 is 0 Å². The van der Waals surface area contributed by atoms with E-state index < -0.39 is 41.7 Å². The number of aliphatic carboxylic acids is 1. The van der Waals surface area contributed by atoms with Crippen LogP contribution in [-0.4, -0.2) is 89.2 Å². The number of carbonyl (C=O) groups is 2. The number of fused-ring (bicyclic) bond motifs is 1. The molecule has 1 amide bonds. The van der Waals surface area contributed by atoms with E-state index in [4.69, 9.17) is 21.3 Å². The molecule has 2 aliphatic rings. The van der Waals surface area contributed by atoms with Crippen LogP contribution in [-0.2, 0) is 32.6 Å². The number of carboxylic acids is 1. The summed E-state index contributed by atoms with van der Waals surface area (Å²) in [5.41, 5.74) is 0.621. The molecule has 0 bridgehead atoms. The lowest BCUT2D eigenvalue weighted by Gasteiger charge is -2.27. The maximum Gasteiger partial charge on any atom is 0.326 e. The normalized spacial score (nSPS) is 16.9. The van der Waals surface area contributed by atoms with Crippen molar-refractivity contribution in [1.82, 2.24) is 25.4 Å². The van der Waals surface area contributed by atoms with Crippen molar-refractivity contribution >= 4 is 29.3 Å². The summed E-state index contributed by atoms with van der Waals surface area (Å²) in [5, 5.41) is 21.8. The number of hydrogen-bond donors (Lipinski definition) is 4. The number of alkyl halides is 1. The lowest BCUT2D eigenvalue weighted by Crippen LogP contribution is -2.48. The number of unbranched alkanes of at least 4 members (excludes halogenated alkanes) is 1. The standard InChI is InChI=1S/C28H38ClFN6O5/c1-41-20(15-30)17-36(13-3-2-6-19-8-7-18-5-4-12-31-24(18)33-19)14-9-22(26(38)39)34-27(40)28(10-11-28)23-21(29)16-32-35-25(23)37/h7-8,16,20,22H,2-6,9-15,17H2,1H3,(H,31,33)(H,34,40)(H,35,37)(H,38,39). The fourth-order valence-electron chi connectivity index (χ4n) is 5.32. The van der Waals surface area contributed by atoms with Crippen LogP contribution in [0.3, 0.4) is 0 Å². The Kier molecular flexibility index (Phi) is 10.7. The Morgan fingerprint density at radius 2 is 2.10 bits per heavy atom. The summed E-state index contributed by atoms with van der Waals surface area (Å²) in [6.07, 6.45) is 6.07. The van der Waals surface area contributed by atoms with Crippen molar-refractivity contribution in [3.63, 3.8) is 0 Å². The molecular formula is C28H38ClFN6O5. The summed E-state index contributed by atoms with van der Waals surface area (Å²) in [6.45, 7) is 1.47. The first kappa shape index (κ1) is 30.9. The Hall–Kier alpha value is -3.09. The van der Waals surface area contributed by atoms with E-state index in [1.807, 2.05) is 4.90 Å². The number of methoxy groups -OCH3 is 1. The molecule has 2 atom stereocenters. The Balaban J connectivity index is 1.34. The van der Waals surface area contributed by atoms with Gasteiger partial charge in [-0.15, -0.1) is 0 Å². The van der Waals surface area contributed by atoms with Crippen molar-refractivity contribution in [1.29, 1.82) is 0 Å². The van der Waals surface area contributed by atoms with Crippen LogP contribution in [0.15, 0.2) is 23.1 Å². The first-order chi connectivity index (χ1) is 19.8. The molecule has 2 aromatic rings. The molecule has 0 spiro atoms. The number of rotatable bonds is 16. The summed E-state index contributed by atoms with van der Waals surface area (Å²) in [4.78, 5) is 44.3. The number of amides is 1. The van der Waals surface area contributed by atoms with E-state index in [-0.39, 0.29) is 17.0 Å². The number of aromatic nitrogens is 3. The van der Waals surface area contributed by atoms with Crippen LogP contribution in [0.2, 0.25) is 5.02 Å². The van der Waals surface area contributed by atoms with Crippen LogP contribution < -0.4 is 16.2 Å². The average Bonchev–Trinajstić information content (AvgIpc) is 3.77. The molecule has 1 saturated carbocycles. The summed E-state index contributed by atoms with van der Waals surface area (Å²) in [7, 11) is 1.44. The van der Waals surface area contributed by atoms with Crippen LogP contribution in [0.25, 0.3) is 0 Å². The van der Waals surface area contributed by atoms with Gasteiger partial charge in [0.15, 0.2) is 0 Å². The minimum atomic E-state index is -1.19. The number of H-pyrrole nitrogens is 1. The fourth-order valence-corrected chi connectivity index (χ4v) is 5.64. The van der Waals surface area contributed by atoms with Crippen molar-refractivity contribution in [2.75, 3.05) is 45.3 Å². The Morgan fingerprint density at radius 3 is 2.78 bits per heavy atom. The third-order valence-electron chi connectivity index (χ3n) is 7.89. The minimum absolute atomic E-state index is 0.0677. The van der Waals surface area contributed by atoms with Gasteiger partial charge in [-0.25, -0.2) is 19.3 Å². The third-order valence-corrected chi connectivity index (χ3v) is 8.17. The zero-order valence-electron chi connectivity index (χ0n) is 23.3. The number of halogens is 2. The summed E-state index contributed by atoms with van der Waals surface area (Å²) in [5.74, 6) is -0.780. The smallest absolute Gasteiger partial charge is 0.326 e. The molecule has 0 saturated heterocycles. The number of aromatic amines is 1. The number of nitrogens with one attached hydrogen (secondary N) is 3. The molecule has 4 N–H and O–H groups in total.